The second-order valence-corrected chi connectivity index (χ2v) is 17.7. The van der Waals surface area contributed by atoms with Gasteiger partial charge in [-0.15, -0.1) is 0 Å². The van der Waals surface area contributed by atoms with E-state index in [4.69, 9.17) is 0 Å². The van der Waals surface area contributed by atoms with E-state index < -0.39 is 53.4 Å². The first-order valence-corrected chi connectivity index (χ1v) is 18.7. The number of carbonyl (C=O) groups is 2. The summed E-state index contributed by atoms with van der Waals surface area (Å²) in [6.45, 7) is 7.91. The van der Waals surface area contributed by atoms with Crippen LogP contribution in [0, 0.1) is 33.5 Å². The minimum absolute atomic E-state index is 0.0116. The summed E-state index contributed by atoms with van der Waals surface area (Å²) in [5.41, 5.74) is 2.17. The molecule has 4 bridgehead atoms. The van der Waals surface area contributed by atoms with Crippen LogP contribution in [0.3, 0.4) is 0 Å². The highest BCUT2D eigenvalue weighted by molar-refractivity contribution is 7.86. The van der Waals surface area contributed by atoms with Gasteiger partial charge in [-0.05, 0) is 94.7 Å². The van der Waals surface area contributed by atoms with Gasteiger partial charge in [-0.3, -0.25) is 18.7 Å². The maximum Gasteiger partial charge on any atom is 0.265 e. The molecule has 0 spiro atoms. The van der Waals surface area contributed by atoms with Crippen molar-refractivity contribution in [1.29, 1.82) is 0 Å². The Morgan fingerprint density at radius 1 is 0.667 bits per heavy atom. The highest BCUT2D eigenvalue weighted by Gasteiger charge is 2.68. The molecule has 4 atom stereocenters. The lowest BCUT2D eigenvalue weighted by molar-refractivity contribution is -0.127. The summed E-state index contributed by atoms with van der Waals surface area (Å²) in [5.74, 6) is -1.20. The number of carbonyl (C=O) groups excluding carboxylic acids is 2. The maximum absolute atomic E-state index is 13.6. The van der Waals surface area contributed by atoms with E-state index in [0.717, 1.165) is 34.2 Å². The average Bonchev–Trinajstić information content (AvgIpc) is 3.46. The van der Waals surface area contributed by atoms with Crippen LogP contribution >= 0.6 is 0 Å². The van der Waals surface area contributed by atoms with Crippen LogP contribution in [0.25, 0.3) is 23.3 Å². The molecule has 0 radical (unpaired) electrons. The first kappa shape index (κ1) is 32.0. The molecule has 0 unspecified atom stereocenters. The molecule has 4 fully saturated rings. The van der Waals surface area contributed by atoms with E-state index in [2.05, 4.69) is 0 Å². The summed E-state index contributed by atoms with van der Waals surface area (Å²) in [5, 5.41) is 0. The second kappa shape index (κ2) is 10.3. The van der Waals surface area contributed by atoms with Crippen molar-refractivity contribution < 1.29 is 35.5 Å². The molecular weight excluding hydrogens is 613 g/mol. The normalized spacial score (nSPS) is 31.9. The Morgan fingerprint density at radius 2 is 1.07 bits per heavy atom. The lowest BCUT2D eigenvalue weighted by Gasteiger charge is -2.35. The van der Waals surface area contributed by atoms with Gasteiger partial charge in [-0.25, -0.2) is 0 Å². The zero-order valence-corrected chi connectivity index (χ0v) is 27.7. The number of rotatable bonds is 8. The topological polar surface area (TPSA) is 143 Å². The largest absolute Gasteiger partial charge is 0.294 e. The third-order valence-corrected chi connectivity index (χ3v) is 13.7. The van der Waals surface area contributed by atoms with E-state index in [1.165, 1.54) is 0 Å². The Bertz CT molecular complexity index is 1870. The molecule has 2 aromatic rings. The first-order chi connectivity index (χ1) is 20.8. The number of allylic oxidation sites excluding steroid dienone is 2. The number of ketones is 2. The number of hydrogen-bond donors (Lipinski definition) is 2. The molecular formula is C35H40O8S2. The van der Waals surface area contributed by atoms with Gasteiger partial charge in [0.1, 0.15) is 0 Å². The summed E-state index contributed by atoms with van der Waals surface area (Å²) < 4.78 is 65.6. The number of benzene rings is 2. The summed E-state index contributed by atoms with van der Waals surface area (Å²) >= 11 is 0. The lowest BCUT2D eigenvalue weighted by atomic mass is 9.67. The molecule has 2 aromatic carbocycles. The quantitative estimate of drug-likeness (QED) is 0.250. The monoisotopic (exact) mass is 652 g/mol. The van der Waals surface area contributed by atoms with Gasteiger partial charge in [0.05, 0.1) is 16.9 Å². The first-order valence-electron chi connectivity index (χ1n) is 15.5. The van der Waals surface area contributed by atoms with Gasteiger partial charge in [0.2, 0.25) is 0 Å². The predicted octanol–water partition coefficient (Wildman–Crippen LogP) is 6.30. The van der Waals surface area contributed by atoms with Gasteiger partial charge in [0.15, 0.2) is 11.6 Å². The third-order valence-electron chi connectivity index (χ3n) is 12.1. The maximum atomic E-state index is 13.6. The van der Waals surface area contributed by atoms with Crippen molar-refractivity contribution in [2.24, 2.45) is 33.5 Å². The predicted molar refractivity (Wildman–Crippen MR) is 173 cm³/mol. The Labute approximate surface area is 265 Å². The van der Waals surface area contributed by atoms with E-state index in [-0.39, 0.29) is 29.8 Å². The van der Waals surface area contributed by atoms with E-state index in [0.29, 0.717) is 24.8 Å². The van der Waals surface area contributed by atoms with E-state index in [1.807, 2.05) is 88.4 Å². The van der Waals surface area contributed by atoms with Crippen molar-refractivity contribution in [3.05, 3.63) is 70.8 Å². The number of Topliss-reactive ketones (excluding diaryl/α,β-unsaturated/α-hetero) is 2. The van der Waals surface area contributed by atoms with E-state index >= 15 is 0 Å². The van der Waals surface area contributed by atoms with E-state index in [9.17, 15) is 35.5 Å². The van der Waals surface area contributed by atoms with Crippen molar-refractivity contribution in [2.45, 2.75) is 59.8 Å². The van der Waals surface area contributed by atoms with Gasteiger partial charge in [0.25, 0.3) is 20.2 Å². The Kier molecular flexibility index (Phi) is 7.33. The fourth-order valence-corrected chi connectivity index (χ4v) is 11.2. The van der Waals surface area contributed by atoms with Crippen molar-refractivity contribution in [3.63, 3.8) is 0 Å². The minimum atomic E-state index is -4.32. The van der Waals surface area contributed by atoms with Crippen molar-refractivity contribution in [3.8, 4) is 11.1 Å². The molecule has 0 saturated heterocycles. The third kappa shape index (κ3) is 4.99. The fourth-order valence-electron chi connectivity index (χ4n) is 9.32. The van der Waals surface area contributed by atoms with Gasteiger partial charge in [-0.2, -0.15) is 16.8 Å². The van der Waals surface area contributed by atoms with Crippen LogP contribution in [0.5, 0.6) is 0 Å². The zero-order valence-electron chi connectivity index (χ0n) is 26.0. The molecule has 0 amide bonds. The van der Waals surface area contributed by atoms with Gasteiger partial charge in [-0.1, -0.05) is 76.2 Å². The smallest absolute Gasteiger partial charge is 0.265 e. The molecule has 240 valence electrons. The molecule has 4 aliphatic carbocycles. The molecule has 0 heterocycles. The standard InChI is InChI=1S/C35H40O8S2/c1-32(2)28-13-15-34(32,17-18-44(38,39)40)30(36)26(28)19-22-5-9-24(10-6-22)25-11-7-23(8-12-25)20-27-29-14-16-35(31(27)37,33(29,3)4)21-45(41,42)43/h5-12,19-20,28-29H,13-18,21H2,1-4H3,(H,38,39,40)(H,41,42,43)/b26-19-,27-20-/t28-,29-,34-,35-/m1/s1. The zero-order chi connectivity index (χ0) is 32.8. The molecule has 4 aliphatic rings. The molecule has 10 heteroatoms. The average molecular weight is 653 g/mol. The molecule has 45 heavy (non-hydrogen) atoms. The minimum Gasteiger partial charge on any atom is -0.294 e. The fraction of sp³-hybridized carbons (Fsp3) is 0.486. The molecule has 2 N–H and O–H groups in total. The van der Waals surface area contributed by atoms with Crippen LogP contribution < -0.4 is 0 Å². The van der Waals surface area contributed by atoms with Crippen LogP contribution in [0.1, 0.15) is 70.9 Å². The second-order valence-electron chi connectivity index (χ2n) is 14.7. The summed E-state index contributed by atoms with van der Waals surface area (Å²) in [4.78, 5) is 27.2. The highest BCUT2D eigenvalue weighted by Crippen LogP contribution is 2.68. The number of fused-ring (bicyclic) bond motifs is 4. The van der Waals surface area contributed by atoms with E-state index in [1.54, 1.807) is 0 Å². The van der Waals surface area contributed by atoms with Crippen LogP contribution in [0.15, 0.2) is 59.7 Å². The highest BCUT2D eigenvalue weighted by atomic mass is 32.2. The molecule has 0 aliphatic heterocycles. The number of hydrogen-bond acceptors (Lipinski definition) is 6. The summed E-state index contributed by atoms with van der Waals surface area (Å²) in [6.07, 6.45) is 6.49. The Morgan fingerprint density at radius 3 is 1.49 bits per heavy atom. The lowest BCUT2D eigenvalue weighted by Crippen LogP contribution is -2.42. The summed E-state index contributed by atoms with van der Waals surface area (Å²) in [6, 6.07) is 15.7. The SMILES string of the molecule is CC1(C)[C@@H]2CC[C@@]1(CCS(=O)(=O)O)C(=O)/C2=C\c1ccc(-c2ccc(/C=C3\C(=O)[C@]4(CS(=O)(=O)O)CC[C@H]3C4(C)C)cc2)cc1. The van der Waals surface area contributed by atoms with Crippen molar-refractivity contribution in [2.75, 3.05) is 11.5 Å². The molecule has 0 aromatic heterocycles. The van der Waals surface area contributed by atoms with Gasteiger partial charge < -0.3 is 0 Å². The molecule has 6 rings (SSSR count). The molecule has 4 saturated carbocycles. The van der Waals surface area contributed by atoms with Crippen LogP contribution in [0.2, 0.25) is 0 Å². The van der Waals surface area contributed by atoms with Gasteiger partial charge >= 0.3 is 0 Å². The summed E-state index contributed by atoms with van der Waals surface area (Å²) in [7, 11) is -8.48. The Hall–Kier alpha value is -2.92. The van der Waals surface area contributed by atoms with Crippen molar-refractivity contribution >= 4 is 44.0 Å². The van der Waals surface area contributed by atoms with Crippen LogP contribution in [-0.4, -0.2) is 49.0 Å². The molecule has 8 nitrogen and oxygen atoms in total. The van der Waals surface area contributed by atoms with Crippen LogP contribution in [0.4, 0.5) is 0 Å². The van der Waals surface area contributed by atoms with Gasteiger partial charge in [0, 0.05) is 11.0 Å². The van der Waals surface area contributed by atoms with Crippen LogP contribution in [-0.2, 0) is 29.8 Å². The van der Waals surface area contributed by atoms with Crippen molar-refractivity contribution in [1.82, 2.24) is 0 Å². The Balaban J connectivity index is 1.21.